The molecule has 6 nitrogen and oxygen atoms in total. The van der Waals surface area contributed by atoms with Gasteiger partial charge in [-0.1, -0.05) is 102 Å². The van der Waals surface area contributed by atoms with Crippen molar-refractivity contribution >= 4 is 37.0 Å². The van der Waals surface area contributed by atoms with Gasteiger partial charge in [0.05, 0.1) is 0 Å². The van der Waals surface area contributed by atoms with Gasteiger partial charge in [0.2, 0.25) is 34.3 Å². The first-order valence-corrected chi connectivity index (χ1v) is 12.1. The van der Waals surface area contributed by atoms with Crippen LogP contribution in [0.5, 0.6) is 0 Å². The lowest BCUT2D eigenvalue weighted by atomic mass is 9.58. The van der Waals surface area contributed by atoms with Crippen LogP contribution in [-0.4, -0.2) is 48.2 Å². The Bertz CT molecular complexity index is 1000. The van der Waals surface area contributed by atoms with Crippen LogP contribution in [0.25, 0.3) is 0 Å². The molecular formula is C26H28B2O6. The molecule has 0 heterocycles. The van der Waals surface area contributed by atoms with Crippen molar-refractivity contribution in [3.63, 3.8) is 0 Å². The molecule has 2 aliphatic rings. The Hall–Kier alpha value is -2.83. The van der Waals surface area contributed by atoms with E-state index >= 15 is 0 Å². The number of fused-ring (bicyclic) bond motifs is 2. The lowest BCUT2D eigenvalue weighted by Gasteiger charge is -2.44. The Morgan fingerprint density at radius 1 is 0.529 bits per heavy atom. The average molecular weight is 458 g/mol. The second-order valence-corrected chi connectivity index (χ2v) is 8.88. The smallest absolute Gasteiger partial charge is 0.294 e. The summed E-state index contributed by atoms with van der Waals surface area (Å²) in [6.45, 7) is 6.43. The van der Waals surface area contributed by atoms with Crippen molar-refractivity contribution in [3.05, 3.63) is 70.8 Å². The highest BCUT2D eigenvalue weighted by molar-refractivity contribution is 6.56. The first-order chi connectivity index (χ1) is 16.3. The van der Waals surface area contributed by atoms with Crippen LogP contribution >= 0.6 is 0 Å². The molecule has 0 aliphatic heterocycles. The van der Waals surface area contributed by atoms with Crippen LogP contribution in [-0.2, 0) is 9.31 Å². The second kappa shape index (κ2) is 9.08. The summed E-state index contributed by atoms with van der Waals surface area (Å²) in [7, 11) is 0. The first kappa shape index (κ1) is 24.3. The van der Waals surface area contributed by atoms with E-state index in [2.05, 4.69) is 0 Å². The third kappa shape index (κ3) is 3.12. The Morgan fingerprint density at radius 2 is 0.765 bits per heavy atom. The predicted octanol–water partition coefficient (Wildman–Crippen LogP) is 4.72. The van der Waals surface area contributed by atoms with Gasteiger partial charge in [0.25, 0.3) is 13.8 Å². The molecule has 0 atom stereocenters. The fraction of sp³-hybridized carbons (Fsp3) is 0.385. The zero-order valence-corrected chi connectivity index (χ0v) is 20.1. The zero-order valence-electron chi connectivity index (χ0n) is 20.1. The number of carbonyl (C=O) groups is 4. The molecule has 0 saturated heterocycles. The van der Waals surface area contributed by atoms with Gasteiger partial charge in [-0.05, 0) is 0 Å². The summed E-state index contributed by atoms with van der Waals surface area (Å²) in [5.41, 5.74) is -4.29. The number of carbonyl (C=O) groups excluding carboxylic acids is 4. The van der Waals surface area contributed by atoms with Crippen LogP contribution in [0.4, 0.5) is 0 Å². The van der Waals surface area contributed by atoms with Crippen molar-refractivity contribution < 1.29 is 28.5 Å². The largest absolute Gasteiger partial charge is 0.415 e. The van der Waals surface area contributed by atoms with Gasteiger partial charge in [0.1, 0.15) is 0 Å². The highest BCUT2D eigenvalue weighted by Gasteiger charge is 2.76. The Labute approximate surface area is 200 Å². The Morgan fingerprint density at radius 3 is 0.971 bits per heavy atom. The molecule has 4 rings (SSSR count). The predicted molar refractivity (Wildman–Crippen MR) is 131 cm³/mol. The van der Waals surface area contributed by atoms with Crippen molar-refractivity contribution in [3.8, 4) is 0 Å². The van der Waals surface area contributed by atoms with E-state index in [9.17, 15) is 19.2 Å². The SMILES string of the molecule is CCB(CC)OC1(C2(OB(CC)CC)C(=O)c3ccccc3C2=O)C(=O)c2ccccc2C1=O. The lowest BCUT2D eigenvalue weighted by Crippen LogP contribution is -2.72. The normalized spacial score (nSPS) is 17.6. The summed E-state index contributed by atoms with van der Waals surface area (Å²) in [6.07, 6.45) is 1.97. The van der Waals surface area contributed by atoms with Crippen molar-refractivity contribution in [1.82, 2.24) is 0 Å². The number of rotatable bonds is 9. The highest BCUT2D eigenvalue weighted by atomic mass is 16.5. The summed E-state index contributed by atoms with van der Waals surface area (Å²) in [5.74, 6) is -2.78. The van der Waals surface area contributed by atoms with Gasteiger partial charge in [-0.3, -0.25) is 19.2 Å². The molecular weight excluding hydrogens is 430 g/mol. The Kier molecular flexibility index (Phi) is 6.49. The third-order valence-corrected chi connectivity index (χ3v) is 7.12. The van der Waals surface area contributed by atoms with Gasteiger partial charge < -0.3 is 9.31 Å². The number of benzene rings is 2. The number of hydrogen-bond donors (Lipinski definition) is 0. The molecule has 0 bridgehead atoms. The van der Waals surface area contributed by atoms with E-state index in [1.54, 1.807) is 24.3 Å². The van der Waals surface area contributed by atoms with E-state index in [4.69, 9.17) is 9.31 Å². The summed E-state index contributed by atoms with van der Waals surface area (Å²) in [6, 6.07) is 12.8. The van der Waals surface area contributed by atoms with Gasteiger partial charge in [-0.2, -0.15) is 0 Å². The molecule has 2 aliphatic carbocycles. The number of Topliss-reactive ketones (excluding diaryl/α,β-unsaturated/α-hetero) is 4. The third-order valence-electron chi connectivity index (χ3n) is 7.12. The molecule has 34 heavy (non-hydrogen) atoms. The van der Waals surface area contributed by atoms with Crippen molar-refractivity contribution in [2.75, 3.05) is 0 Å². The highest BCUT2D eigenvalue weighted by Crippen LogP contribution is 2.50. The molecule has 0 saturated carbocycles. The maximum absolute atomic E-state index is 14.2. The minimum absolute atomic E-state index is 0.141. The molecule has 0 aromatic heterocycles. The molecule has 0 spiro atoms. The zero-order chi connectivity index (χ0) is 24.7. The summed E-state index contributed by atoms with van der Waals surface area (Å²) >= 11 is 0. The molecule has 0 amide bonds. The molecule has 0 fully saturated rings. The van der Waals surface area contributed by atoms with Crippen molar-refractivity contribution in [2.24, 2.45) is 0 Å². The van der Waals surface area contributed by atoms with E-state index < -0.39 is 48.2 Å². The van der Waals surface area contributed by atoms with Crippen LogP contribution in [0.2, 0.25) is 25.3 Å². The summed E-state index contributed by atoms with van der Waals surface area (Å²) in [5, 5.41) is 0. The maximum Gasteiger partial charge on any atom is 0.294 e. The minimum atomic E-state index is -2.43. The lowest BCUT2D eigenvalue weighted by molar-refractivity contribution is -0.0404. The molecule has 0 radical (unpaired) electrons. The second-order valence-electron chi connectivity index (χ2n) is 8.88. The molecule has 0 unspecified atom stereocenters. The monoisotopic (exact) mass is 458 g/mol. The van der Waals surface area contributed by atoms with Crippen LogP contribution in [0, 0.1) is 0 Å². The average Bonchev–Trinajstić information content (AvgIpc) is 3.23. The van der Waals surface area contributed by atoms with Crippen molar-refractivity contribution in [1.29, 1.82) is 0 Å². The summed E-state index contributed by atoms with van der Waals surface area (Å²) in [4.78, 5) is 56.6. The van der Waals surface area contributed by atoms with Gasteiger partial charge >= 0.3 is 0 Å². The van der Waals surface area contributed by atoms with Crippen LogP contribution in [0.15, 0.2) is 48.5 Å². The van der Waals surface area contributed by atoms with E-state index in [0.717, 1.165) is 0 Å². The number of ketones is 4. The molecule has 2 aromatic rings. The minimum Gasteiger partial charge on any atom is -0.415 e. The van der Waals surface area contributed by atoms with Crippen LogP contribution in [0.3, 0.4) is 0 Å². The number of hydrogen-bond acceptors (Lipinski definition) is 6. The summed E-state index contributed by atoms with van der Waals surface area (Å²) < 4.78 is 12.8. The van der Waals surface area contributed by atoms with E-state index in [1.165, 1.54) is 24.3 Å². The molecule has 174 valence electrons. The first-order valence-electron chi connectivity index (χ1n) is 12.1. The quantitative estimate of drug-likeness (QED) is 0.400. The fourth-order valence-corrected chi connectivity index (χ4v) is 5.15. The topological polar surface area (TPSA) is 86.7 Å². The van der Waals surface area contributed by atoms with Crippen LogP contribution in [0.1, 0.15) is 69.1 Å². The van der Waals surface area contributed by atoms with Crippen LogP contribution < -0.4 is 0 Å². The van der Waals surface area contributed by atoms with Gasteiger partial charge in [-0.15, -0.1) is 0 Å². The van der Waals surface area contributed by atoms with E-state index in [1.807, 2.05) is 27.7 Å². The maximum atomic E-state index is 14.2. The molecule has 0 N–H and O–H groups in total. The van der Waals surface area contributed by atoms with E-state index in [0.29, 0.717) is 25.3 Å². The van der Waals surface area contributed by atoms with Gasteiger partial charge in [0.15, 0.2) is 0 Å². The Balaban J connectivity index is 2.06. The van der Waals surface area contributed by atoms with Gasteiger partial charge in [0, 0.05) is 22.3 Å². The van der Waals surface area contributed by atoms with Gasteiger partial charge in [-0.25, -0.2) is 0 Å². The molecule has 8 heteroatoms. The van der Waals surface area contributed by atoms with Crippen molar-refractivity contribution in [2.45, 2.75) is 64.2 Å². The molecule has 2 aromatic carbocycles. The standard InChI is InChI=1S/C26H28B2O6/c1-5-27(6-2)33-25(21(29)17-13-9-10-14-18(17)22(25)30)26(34-28(7-3)8-4)23(31)19-15-11-12-16-20(19)24(26)32/h9-16H,5-8H2,1-4H3. The fourth-order valence-electron chi connectivity index (χ4n) is 5.15. The van der Waals surface area contributed by atoms with E-state index in [-0.39, 0.29) is 22.3 Å².